The lowest BCUT2D eigenvalue weighted by Gasteiger charge is -2.45. The van der Waals surface area contributed by atoms with E-state index >= 15 is 0 Å². The topological polar surface area (TPSA) is 118 Å². The Morgan fingerprint density at radius 2 is 1.86 bits per heavy atom. The maximum Gasteiger partial charge on any atom is 0.186 e. The predicted molar refractivity (Wildman–Crippen MR) is 71.0 cm³/mol. The van der Waals surface area contributed by atoms with Gasteiger partial charge in [0.1, 0.15) is 24.4 Å². The van der Waals surface area contributed by atoms with Crippen molar-refractivity contribution in [3.05, 3.63) is 23.8 Å². The number of phenols is 2. The highest BCUT2D eigenvalue weighted by Gasteiger charge is 2.49. The highest BCUT2D eigenvalue weighted by molar-refractivity contribution is 5.41. The smallest absolute Gasteiger partial charge is 0.186 e. The van der Waals surface area contributed by atoms with Gasteiger partial charge >= 0.3 is 0 Å². The maximum absolute atomic E-state index is 10.2. The van der Waals surface area contributed by atoms with Crippen molar-refractivity contribution in [1.82, 2.24) is 0 Å². The van der Waals surface area contributed by atoms with E-state index < -0.39 is 37.0 Å². The monoisotopic (exact) mass is 314 g/mol. The molecule has 0 bridgehead atoms. The van der Waals surface area contributed by atoms with Gasteiger partial charge in [0.15, 0.2) is 24.1 Å². The van der Waals surface area contributed by atoms with Crippen LogP contribution in [0.25, 0.3) is 0 Å². The fraction of sp³-hybridized carbons (Fsp3) is 0.571. The summed E-state index contributed by atoms with van der Waals surface area (Å²) in [6, 6.07) is 4.16. The van der Waals surface area contributed by atoms with Gasteiger partial charge in [-0.1, -0.05) is 6.07 Å². The summed E-state index contributed by atoms with van der Waals surface area (Å²) in [6.45, 7) is 0.126. The number of fused-ring (bicyclic) bond motifs is 1. The minimum Gasteiger partial charge on any atom is -0.504 e. The number of methoxy groups -OCH3 is 1. The molecule has 122 valence electrons. The number of benzene rings is 1. The summed E-state index contributed by atoms with van der Waals surface area (Å²) in [5, 5.41) is 38.9. The summed E-state index contributed by atoms with van der Waals surface area (Å²) in [7, 11) is 1.37. The predicted octanol–water partition coefficient (Wildman–Crippen LogP) is -0.395. The Morgan fingerprint density at radius 1 is 1.09 bits per heavy atom. The number of aromatic hydroxyl groups is 2. The molecule has 0 saturated carbocycles. The molecule has 0 amide bonds. The third-order valence-electron chi connectivity index (χ3n) is 3.84. The zero-order valence-electron chi connectivity index (χ0n) is 11.8. The standard InChI is InChI=1S/C14H18O8/c1-19-14-11(18)10(17)12-9(21-14)5-20-13(22-12)6-2-3-7(15)8(16)4-6/h2-4,9-18H,5H2,1H3/t9-,10-,11+,12-,13?,14-/m1/s1. The Kier molecular flexibility index (Phi) is 4.22. The van der Waals surface area contributed by atoms with Crippen molar-refractivity contribution in [2.45, 2.75) is 37.0 Å². The first-order chi connectivity index (χ1) is 10.5. The fourth-order valence-electron chi connectivity index (χ4n) is 2.63. The largest absolute Gasteiger partial charge is 0.504 e. The lowest BCUT2D eigenvalue weighted by Crippen LogP contribution is -2.62. The number of phenolic OH excluding ortho intramolecular Hbond substituents is 2. The molecule has 1 aromatic rings. The minimum atomic E-state index is -1.24. The highest BCUT2D eigenvalue weighted by Crippen LogP contribution is 2.36. The minimum absolute atomic E-state index is 0.126. The van der Waals surface area contributed by atoms with Gasteiger partial charge in [-0.3, -0.25) is 0 Å². The van der Waals surface area contributed by atoms with Crippen molar-refractivity contribution in [3.8, 4) is 11.5 Å². The van der Waals surface area contributed by atoms with Gasteiger partial charge in [0.05, 0.1) is 6.61 Å². The molecule has 2 aliphatic rings. The molecular weight excluding hydrogens is 296 g/mol. The van der Waals surface area contributed by atoms with Crippen LogP contribution in [0.4, 0.5) is 0 Å². The van der Waals surface area contributed by atoms with Gasteiger partial charge in [-0.05, 0) is 12.1 Å². The molecule has 2 heterocycles. The Bertz CT molecular complexity index is 534. The van der Waals surface area contributed by atoms with Gasteiger partial charge in [-0.2, -0.15) is 0 Å². The van der Waals surface area contributed by atoms with E-state index in [0.29, 0.717) is 5.56 Å². The quantitative estimate of drug-likeness (QED) is 0.545. The van der Waals surface area contributed by atoms with Crippen molar-refractivity contribution in [3.63, 3.8) is 0 Å². The summed E-state index contributed by atoms with van der Waals surface area (Å²) >= 11 is 0. The summed E-state index contributed by atoms with van der Waals surface area (Å²) in [5.74, 6) is -0.552. The third-order valence-corrected chi connectivity index (χ3v) is 3.84. The third kappa shape index (κ3) is 2.65. The van der Waals surface area contributed by atoms with E-state index in [9.17, 15) is 20.4 Å². The maximum atomic E-state index is 10.2. The Hall–Kier alpha value is -1.42. The van der Waals surface area contributed by atoms with Gasteiger partial charge in [-0.25, -0.2) is 0 Å². The van der Waals surface area contributed by atoms with E-state index in [1.54, 1.807) is 0 Å². The zero-order chi connectivity index (χ0) is 15.9. The van der Waals surface area contributed by atoms with Crippen LogP contribution in [-0.4, -0.2) is 64.8 Å². The summed E-state index contributed by atoms with van der Waals surface area (Å²) < 4.78 is 21.6. The molecule has 8 heteroatoms. The van der Waals surface area contributed by atoms with Gasteiger partial charge in [-0.15, -0.1) is 0 Å². The second kappa shape index (κ2) is 5.99. The summed E-state index contributed by atoms with van der Waals surface area (Å²) in [5.41, 5.74) is 0.476. The van der Waals surface area contributed by atoms with Crippen molar-refractivity contribution >= 4 is 0 Å². The number of aliphatic hydroxyl groups is 2. The molecule has 3 rings (SSSR count). The van der Waals surface area contributed by atoms with Gasteiger partial charge in [0, 0.05) is 12.7 Å². The van der Waals surface area contributed by atoms with Crippen LogP contribution in [-0.2, 0) is 18.9 Å². The van der Waals surface area contributed by atoms with Crippen LogP contribution in [0, 0.1) is 0 Å². The molecule has 6 atom stereocenters. The fourth-order valence-corrected chi connectivity index (χ4v) is 2.63. The molecule has 8 nitrogen and oxygen atoms in total. The molecule has 0 aromatic heterocycles. The normalized spacial score (nSPS) is 38.5. The van der Waals surface area contributed by atoms with E-state index in [-0.39, 0.29) is 18.1 Å². The van der Waals surface area contributed by atoms with Gasteiger partial charge in [0.25, 0.3) is 0 Å². The molecule has 1 aromatic carbocycles. The van der Waals surface area contributed by atoms with Crippen LogP contribution in [0.2, 0.25) is 0 Å². The van der Waals surface area contributed by atoms with Crippen molar-refractivity contribution in [1.29, 1.82) is 0 Å². The second-order valence-electron chi connectivity index (χ2n) is 5.27. The van der Waals surface area contributed by atoms with Crippen LogP contribution >= 0.6 is 0 Å². The number of hydrogen-bond donors (Lipinski definition) is 4. The van der Waals surface area contributed by atoms with Crippen LogP contribution in [0.15, 0.2) is 18.2 Å². The second-order valence-corrected chi connectivity index (χ2v) is 5.27. The van der Waals surface area contributed by atoms with E-state index in [0.717, 1.165) is 0 Å². The van der Waals surface area contributed by atoms with Crippen LogP contribution in [0.3, 0.4) is 0 Å². The molecular formula is C14H18O8. The lowest BCUT2D eigenvalue weighted by molar-refractivity contribution is -0.358. The molecule has 0 radical (unpaired) electrons. The zero-order valence-corrected chi connectivity index (χ0v) is 11.8. The van der Waals surface area contributed by atoms with Crippen LogP contribution in [0.5, 0.6) is 11.5 Å². The average Bonchev–Trinajstić information content (AvgIpc) is 2.53. The first-order valence-corrected chi connectivity index (χ1v) is 6.84. The van der Waals surface area contributed by atoms with Gasteiger partial charge in [0.2, 0.25) is 0 Å². The molecule has 2 fully saturated rings. The number of hydrogen-bond acceptors (Lipinski definition) is 8. The molecule has 2 aliphatic heterocycles. The van der Waals surface area contributed by atoms with E-state index in [1.165, 1.54) is 25.3 Å². The van der Waals surface area contributed by atoms with Crippen molar-refractivity contribution in [2.75, 3.05) is 13.7 Å². The number of ether oxygens (including phenoxy) is 4. The molecule has 0 aliphatic carbocycles. The lowest BCUT2D eigenvalue weighted by atomic mass is 9.98. The Morgan fingerprint density at radius 3 is 2.55 bits per heavy atom. The summed E-state index contributed by atoms with van der Waals surface area (Å²) in [6.07, 6.45) is -5.60. The number of rotatable bonds is 2. The number of aliphatic hydroxyl groups excluding tert-OH is 2. The Labute approximate surface area is 126 Å². The van der Waals surface area contributed by atoms with E-state index in [1.807, 2.05) is 0 Å². The van der Waals surface area contributed by atoms with E-state index in [4.69, 9.17) is 18.9 Å². The van der Waals surface area contributed by atoms with Crippen LogP contribution < -0.4 is 0 Å². The van der Waals surface area contributed by atoms with Crippen molar-refractivity contribution < 1.29 is 39.4 Å². The van der Waals surface area contributed by atoms with Gasteiger partial charge < -0.3 is 39.4 Å². The SMILES string of the molecule is CO[C@@H]1O[C@@H]2COC(c3ccc(O)c(O)c3)O[C@H]2[C@H](O)[C@@H]1O. The van der Waals surface area contributed by atoms with E-state index in [2.05, 4.69) is 0 Å². The molecule has 0 spiro atoms. The highest BCUT2D eigenvalue weighted by atomic mass is 16.7. The molecule has 22 heavy (non-hydrogen) atoms. The van der Waals surface area contributed by atoms with Crippen molar-refractivity contribution in [2.24, 2.45) is 0 Å². The molecule has 2 saturated heterocycles. The Balaban J connectivity index is 1.76. The first-order valence-electron chi connectivity index (χ1n) is 6.84. The molecule has 1 unspecified atom stereocenters. The molecule has 4 N–H and O–H groups in total. The average molecular weight is 314 g/mol. The summed E-state index contributed by atoms with van der Waals surface area (Å²) in [4.78, 5) is 0. The van der Waals surface area contributed by atoms with Crippen LogP contribution in [0.1, 0.15) is 11.9 Å². The first kappa shape index (κ1) is 15.5.